The number of pyridine rings is 1. The molecule has 1 fully saturated rings. The first kappa shape index (κ1) is 36.6. The second-order valence-corrected chi connectivity index (χ2v) is 16.1. The van der Waals surface area contributed by atoms with Crippen LogP contribution < -0.4 is 5.73 Å². The maximum atomic E-state index is 15.3. The Bertz CT molecular complexity index is 2450. The van der Waals surface area contributed by atoms with Gasteiger partial charge in [0.2, 0.25) is 5.91 Å². The first-order chi connectivity index (χ1) is 24.8. The summed E-state index contributed by atoms with van der Waals surface area (Å²) in [6, 6.07) is 7.13. The Morgan fingerprint density at radius 1 is 1.06 bits per heavy atom. The van der Waals surface area contributed by atoms with Gasteiger partial charge in [-0.15, -0.1) is 0 Å². The molecule has 278 valence electrons. The molecule has 3 aromatic heterocycles. The molecule has 2 aromatic carbocycles. The van der Waals surface area contributed by atoms with Crippen LogP contribution in [-0.4, -0.2) is 50.9 Å². The van der Waals surface area contributed by atoms with Crippen molar-refractivity contribution >= 4 is 44.0 Å². The number of rotatable bonds is 12. The summed E-state index contributed by atoms with van der Waals surface area (Å²) in [6.45, 7) is -0.811. The van der Waals surface area contributed by atoms with E-state index in [2.05, 4.69) is 15.2 Å². The highest BCUT2D eigenvalue weighted by molar-refractivity contribution is 7.89. The van der Waals surface area contributed by atoms with Gasteiger partial charge in [-0.3, -0.25) is 23.9 Å². The van der Waals surface area contributed by atoms with Crippen molar-refractivity contribution in [3.05, 3.63) is 98.7 Å². The molecule has 0 radical (unpaired) electrons. The zero-order chi connectivity index (χ0) is 38.3. The Labute approximate surface area is 302 Å². The maximum absolute atomic E-state index is 15.3. The van der Waals surface area contributed by atoms with Gasteiger partial charge in [-0.05, 0) is 48.6 Å². The molecule has 0 unspecified atom stereocenters. The summed E-state index contributed by atoms with van der Waals surface area (Å²) in [5.74, 6) is -10.4. The van der Waals surface area contributed by atoms with Crippen molar-refractivity contribution in [2.75, 3.05) is 6.26 Å². The van der Waals surface area contributed by atoms with Gasteiger partial charge < -0.3 is 5.73 Å². The van der Waals surface area contributed by atoms with Crippen LogP contribution in [-0.2, 0) is 46.3 Å². The lowest BCUT2D eigenvalue weighted by Gasteiger charge is -2.22. The van der Waals surface area contributed by atoms with Crippen LogP contribution in [0.5, 0.6) is 0 Å². The van der Waals surface area contributed by atoms with E-state index in [0.717, 1.165) is 24.6 Å². The number of fused-ring (bicyclic) bond motifs is 4. The third-order valence-corrected chi connectivity index (χ3v) is 10.8. The number of carbonyl (C=O) groups excluding carboxylic acids is 2. The molecule has 0 bridgehead atoms. The number of benzene rings is 2. The van der Waals surface area contributed by atoms with Gasteiger partial charge in [0.25, 0.3) is 12.3 Å². The topological polar surface area (TPSA) is 143 Å². The van der Waals surface area contributed by atoms with Crippen LogP contribution in [0.4, 0.5) is 26.3 Å². The lowest BCUT2D eigenvalue weighted by Crippen LogP contribution is -2.24. The molecule has 2 aliphatic rings. The molecule has 3 heterocycles. The molecule has 2 N–H and O–H groups in total. The smallest absolute Gasteiger partial charge is 0.293 e. The number of alkyl halides is 4. The Hall–Kier alpha value is -4.77. The fourth-order valence-electron chi connectivity index (χ4n) is 7.54. The molecule has 7 rings (SSSR count). The van der Waals surface area contributed by atoms with Gasteiger partial charge in [0.1, 0.15) is 29.6 Å². The maximum Gasteiger partial charge on any atom is 0.293 e. The number of nitrogens with two attached hydrogens (primary N) is 1. The van der Waals surface area contributed by atoms with E-state index in [4.69, 9.17) is 17.3 Å². The minimum atomic E-state index is -3.59. The lowest BCUT2D eigenvalue weighted by atomic mass is 9.86. The molecule has 0 spiro atoms. The largest absolute Gasteiger partial charge is 0.366 e. The molecule has 0 saturated heterocycles. The standard InChI is InChI=1S/C35H29ClF6N6O4S/c1-47-31-21(3-4-25(36)28(31)26(45-47)14-53(2,51)52)22-9-17(34(43)50)12-44-29(22)16(5-15-6-18(37)10-19(38)7-15)8-20(49)13-48-32-27(30(46-48)33(39)40)23-11-24(23)35(32,41)42/h3-4,6-7,9-10,12,16,23-24,33H,5,8,11,13-14H2,1-2H3,(H2,43,50)/t16-,23+,24-/m1/s1. The van der Waals surface area contributed by atoms with E-state index in [1.54, 1.807) is 6.07 Å². The van der Waals surface area contributed by atoms with Crippen molar-refractivity contribution in [2.24, 2.45) is 18.7 Å². The van der Waals surface area contributed by atoms with Crippen molar-refractivity contribution < 1.29 is 44.3 Å². The van der Waals surface area contributed by atoms with Crippen molar-refractivity contribution in [2.45, 2.75) is 55.7 Å². The fraction of sp³-hybridized carbons (Fsp3) is 0.343. The third kappa shape index (κ3) is 6.68. The van der Waals surface area contributed by atoms with Gasteiger partial charge in [0.05, 0.1) is 33.2 Å². The van der Waals surface area contributed by atoms with Gasteiger partial charge in [-0.1, -0.05) is 17.7 Å². The number of primary amides is 1. The monoisotopic (exact) mass is 778 g/mol. The highest BCUT2D eigenvalue weighted by Crippen LogP contribution is 2.68. The van der Waals surface area contributed by atoms with E-state index in [-0.39, 0.29) is 56.9 Å². The lowest BCUT2D eigenvalue weighted by molar-refractivity contribution is -0.120. The molecular formula is C35H29ClF6N6O4S. The molecule has 18 heteroatoms. The summed E-state index contributed by atoms with van der Waals surface area (Å²) in [7, 11) is -2.05. The van der Waals surface area contributed by atoms with Crippen LogP contribution in [0, 0.1) is 17.6 Å². The summed E-state index contributed by atoms with van der Waals surface area (Å²) in [6.07, 6.45) is -1.70. The number of amides is 1. The summed E-state index contributed by atoms with van der Waals surface area (Å²) in [5, 5.41) is 8.55. The minimum absolute atomic E-state index is 0.0335. The number of halogens is 7. The van der Waals surface area contributed by atoms with E-state index in [0.29, 0.717) is 21.8 Å². The molecule has 2 aliphatic carbocycles. The van der Waals surface area contributed by atoms with Crippen molar-refractivity contribution in [3.8, 4) is 11.1 Å². The van der Waals surface area contributed by atoms with Gasteiger partial charge in [-0.2, -0.15) is 19.0 Å². The van der Waals surface area contributed by atoms with Crippen LogP contribution in [0.15, 0.2) is 42.6 Å². The van der Waals surface area contributed by atoms with E-state index in [1.807, 2.05) is 0 Å². The van der Waals surface area contributed by atoms with Crippen LogP contribution in [0.3, 0.4) is 0 Å². The van der Waals surface area contributed by atoms with Crippen LogP contribution in [0.2, 0.25) is 5.02 Å². The number of nitrogens with zero attached hydrogens (tertiary/aromatic N) is 5. The normalized spacial score (nSPS) is 18.0. The predicted octanol–water partition coefficient (Wildman–Crippen LogP) is 6.54. The quantitative estimate of drug-likeness (QED) is 0.142. The van der Waals surface area contributed by atoms with Gasteiger partial charge in [0, 0.05) is 65.9 Å². The molecule has 0 aliphatic heterocycles. The summed E-state index contributed by atoms with van der Waals surface area (Å²) in [5.41, 5.74) is 4.93. The Kier molecular flexibility index (Phi) is 8.95. The van der Waals surface area contributed by atoms with Crippen LogP contribution in [0.1, 0.15) is 75.4 Å². The van der Waals surface area contributed by atoms with E-state index in [1.165, 1.54) is 23.9 Å². The summed E-state index contributed by atoms with van der Waals surface area (Å²) in [4.78, 5) is 30.7. The van der Waals surface area contributed by atoms with Gasteiger partial charge >= 0.3 is 0 Å². The molecular weight excluding hydrogens is 750 g/mol. The SMILES string of the molecule is Cn1nc(CS(C)(=O)=O)c2c(Cl)ccc(-c3cc(C(N)=O)cnc3[C@@H](CC(=O)Cn3nc(C(F)F)c4c3C(F)(F)[C@@H]3C[C@H]43)Cc3cc(F)cc(F)c3)c21. The van der Waals surface area contributed by atoms with Crippen LogP contribution >= 0.6 is 11.6 Å². The van der Waals surface area contributed by atoms with Crippen molar-refractivity contribution in [3.63, 3.8) is 0 Å². The number of aryl methyl sites for hydroxylation is 1. The molecule has 1 saturated carbocycles. The fourth-order valence-corrected chi connectivity index (χ4v) is 8.50. The van der Waals surface area contributed by atoms with Gasteiger partial charge in [-0.25, -0.2) is 26.0 Å². The first-order valence-corrected chi connectivity index (χ1v) is 18.6. The number of aromatic nitrogens is 5. The summed E-state index contributed by atoms with van der Waals surface area (Å²) >= 11 is 6.56. The average Bonchev–Trinajstić information content (AvgIpc) is 3.59. The minimum Gasteiger partial charge on any atom is -0.366 e. The van der Waals surface area contributed by atoms with E-state index in [9.17, 15) is 35.6 Å². The number of hydrogen-bond donors (Lipinski definition) is 1. The van der Waals surface area contributed by atoms with Crippen molar-refractivity contribution in [1.82, 2.24) is 24.5 Å². The van der Waals surface area contributed by atoms with E-state index < -0.39 is 93.4 Å². The number of hydrogen-bond acceptors (Lipinski definition) is 7. The Morgan fingerprint density at radius 2 is 1.75 bits per heavy atom. The molecule has 3 atom stereocenters. The summed E-state index contributed by atoms with van der Waals surface area (Å²) < 4.78 is 114. The zero-order valence-corrected chi connectivity index (χ0v) is 29.5. The second kappa shape index (κ2) is 13.0. The number of ketones is 1. The molecule has 10 nitrogen and oxygen atoms in total. The first-order valence-electron chi connectivity index (χ1n) is 16.2. The third-order valence-electron chi connectivity index (χ3n) is 9.66. The van der Waals surface area contributed by atoms with Crippen molar-refractivity contribution in [1.29, 1.82) is 0 Å². The molecule has 5 aromatic rings. The Balaban J connectivity index is 1.36. The van der Waals surface area contributed by atoms with Crippen LogP contribution in [0.25, 0.3) is 22.0 Å². The highest BCUT2D eigenvalue weighted by atomic mass is 35.5. The number of Topliss-reactive ketones (excluding diaryl/α,β-unsaturated/α-hetero) is 1. The van der Waals surface area contributed by atoms with E-state index >= 15 is 8.78 Å². The Morgan fingerprint density at radius 3 is 2.40 bits per heavy atom. The predicted molar refractivity (Wildman–Crippen MR) is 180 cm³/mol. The van der Waals surface area contributed by atoms with Gasteiger partial charge in [0.15, 0.2) is 15.6 Å². The zero-order valence-electron chi connectivity index (χ0n) is 27.9. The number of carbonyl (C=O) groups is 2. The molecule has 1 amide bonds. The second-order valence-electron chi connectivity index (χ2n) is 13.6. The highest BCUT2D eigenvalue weighted by Gasteiger charge is 2.67. The molecule has 53 heavy (non-hydrogen) atoms. The average molecular weight is 779 g/mol. The number of sulfone groups is 1.